The Hall–Kier alpha value is -2.35. The zero-order valence-corrected chi connectivity index (χ0v) is 17.2. The summed E-state index contributed by atoms with van der Waals surface area (Å²) in [5, 5.41) is 6.00. The molecule has 140 valence electrons. The van der Waals surface area contributed by atoms with Gasteiger partial charge in [0.2, 0.25) is 5.91 Å². The zero-order chi connectivity index (χ0) is 19.1. The largest absolute Gasteiger partial charge is 0.356 e. The van der Waals surface area contributed by atoms with E-state index in [4.69, 9.17) is 0 Å². The van der Waals surface area contributed by atoms with Gasteiger partial charge in [0.05, 0.1) is 6.54 Å². The molecule has 1 amide bonds. The molecule has 0 spiro atoms. The summed E-state index contributed by atoms with van der Waals surface area (Å²) in [7, 11) is 5.70. The van der Waals surface area contributed by atoms with Crippen molar-refractivity contribution < 1.29 is 4.79 Å². The molecule has 0 fully saturated rings. The highest BCUT2D eigenvalue weighted by Crippen LogP contribution is 2.14. The number of anilines is 1. The number of aliphatic imine (C=N–C) groups is 1. The summed E-state index contributed by atoms with van der Waals surface area (Å²) in [5.41, 5.74) is 2.22. The molecule has 2 aromatic heterocycles. The van der Waals surface area contributed by atoms with E-state index in [9.17, 15) is 4.79 Å². The van der Waals surface area contributed by atoms with Crippen LogP contribution in [0, 0.1) is 6.92 Å². The van der Waals surface area contributed by atoms with E-state index in [1.54, 1.807) is 19.3 Å². The number of hydrogen-bond acceptors (Lipinski definition) is 3. The molecule has 0 unspecified atom stereocenters. The highest BCUT2D eigenvalue weighted by Gasteiger charge is 2.10. The summed E-state index contributed by atoms with van der Waals surface area (Å²) in [6.45, 7) is 3.16. The topological polar surface area (TPSA) is 74.5 Å². The van der Waals surface area contributed by atoms with Crippen molar-refractivity contribution in [3.63, 3.8) is 0 Å². The van der Waals surface area contributed by atoms with Gasteiger partial charge in [0, 0.05) is 56.7 Å². The van der Waals surface area contributed by atoms with Crippen LogP contribution < -0.4 is 10.6 Å². The third kappa shape index (κ3) is 5.87. The van der Waals surface area contributed by atoms with Crippen LogP contribution in [0.2, 0.25) is 0 Å². The molecular weight excluding hydrogens is 396 g/mol. The molecule has 0 saturated carbocycles. The van der Waals surface area contributed by atoms with Crippen molar-refractivity contribution in [3.8, 4) is 0 Å². The maximum absolute atomic E-state index is 12.0. The predicted molar refractivity (Wildman–Crippen MR) is 108 cm³/mol. The van der Waals surface area contributed by atoms with E-state index in [1.165, 1.54) is 0 Å². The standard InChI is InChI=1S/C18H25BrN6O/c1-13-5-6-16(22-10-13)23-17(26)7-8-21-18(20-2)25(4)12-15-9-14(19)11-24(15)3/h5-6,9-11H,7-8,12H2,1-4H3,(H,20,21)(H,22,23,26). The molecule has 2 N–H and O–H groups in total. The van der Waals surface area contributed by atoms with E-state index in [0.29, 0.717) is 25.3 Å². The van der Waals surface area contributed by atoms with Crippen LogP contribution in [-0.4, -0.2) is 47.0 Å². The fraction of sp³-hybridized carbons (Fsp3) is 0.389. The number of aryl methyl sites for hydroxylation is 2. The number of carbonyl (C=O) groups is 1. The lowest BCUT2D eigenvalue weighted by Crippen LogP contribution is -2.40. The molecule has 0 aromatic carbocycles. The van der Waals surface area contributed by atoms with Crippen molar-refractivity contribution in [3.05, 3.63) is 46.3 Å². The van der Waals surface area contributed by atoms with Crippen molar-refractivity contribution in [2.24, 2.45) is 12.0 Å². The van der Waals surface area contributed by atoms with Crippen LogP contribution in [0.4, 0.5) is 5.82 Å². The Balaban J connectivity index is 1.79. The Morgan fingerprint density at radius 2 is 2.19 bits per heavy atom. The number of pyridine rings is 1. The number of guanidine groups is 1. The number of halogens is 1. The minimum atomic E-state index is -0.0849. The predicted octanol–water partition coefficient (Wildman–Crippen LogP) is 2.53. The summed E-state index contributed by atoms with van der Waals surface area (Å²) >= 11 is 3.48. The van der Waals surface area contributed by atoms with Crippen LogP contribution in [0.25, 0.3) is 0 Å². The smallest absolute Gasteiger partial charge is 0.227 e. The maximum Gasteiger partial charge on any atom is 0.227 e. The molecule has 0 atom stereocenters. The van der Waals surface area contributed by atoms with Gasteiger partial charge in [-0.2, -0.15) is 0 Å². The molecule has 0 aliphatic rings. The first-order valence-electron chi connectivity index (χ1n) is 8.34. The molecule has 8 heteroatoms. The average Bonchev–Trinajstić information content (AvgIpc) is 2.91. The first kappa shape index (κ1) is 20.0. The second-order valence-electron chi connectivity index (χ2n) is 6.11. The lowest BCUT2D eigenvalue weighted by Gasteiger charge is -2.22. The molecule has 2 rings (SSSR count). The van der Waals surface area contributed by atoms with Gasteiger partial charge in [-0.1, -0.05) is 6.07 Å². The van der Waals surface area contributed by atoms with Gasteiger partial charge in [-0.15, -0.1) is 0 Å². The van der Waals surface area contributed by atoms with E-state index in [2.05, 4.69) is 47.2 Å². The lowest BCUT2D eigenvalue weighted by atomic mass is 10.3. The SMILES string of the molecule is CN=C(NCCC(=O)Nc1ccc(C)cn1)N(C)Cc1cc(Br)cn1C. The Morgan fingerprint density at radius 3 is 2.77 bits per heavy atom. The number of hydrogen-bond donors (Lipinski definition) is 2. The van der Waals surface area contributed by atoms with Gasteiger partial charge in [0.25, 0.3) is 0 Å². The molecule has 26 heavy (non-hydrogen) atoms. The van der Waals surface area contributed by atoms with Crippen molar-refractivity contribution in [2.45, 2.75) is 19.9 Å². The van der Waals surface area contributed by atoms with Gasteiger partial charge in [0.15, 0.2) is 5.96 Å². The van der Waals surface area contributed by atoms with Crippen molar-refractivity contribution in [2.75, 3.05) is 26.0 Å². The number of carbonyl (C=O) groups excluding carboxylic acids is 1. The van der Waals surface area contributed by atoms with E-state index >= 15 is 0 Å². The molecule has 2 heterocycles. The average molecular weight is 421 g/mol. The molecule has 7 nitrogen and oxygen atoms in total. The monoisotopic (exact) mass is 420 g/mol. The molecule has 0 aliphatic heterocycles. The van der Waals surface area contributed by atoms with Crippen LogP contribution in [0.15, 0.2) is 40.1 Å². The minimum Gasteiger partial charge on any atom is -0.356 e. The van der Waals surface area contributed by atoms with E-state index in [0.717, 1.165) is 21.7 Å². The third-order valence-corrected chi connectivity index (χ3v) is 4.29. The first-order chi connectivity index (χ1) is 12.4. The van der Waals surface area contributed by atoms with Gasteiger partial charge in [-0.25, -0.2) is 4.98 Å². The Kier molecular flexibility index (Phi) is 7.20. The van der Waals surface area contributed by atoms with E-state index in [-0.39, 0.29) is 5.91 Å². The van der Waals surface area contributed by atoms with Gasteiger partial charge < -0.3 is 20.1 Å². The van der Waals surface area contributed by atoms with Crippen molar-refractivity contribution in [1.29, 1.82) is 0 Å². The second-order valence-corrected chi connectivity index (χ2v) is 7.03. The Morgan fingerprint density at radius 1 is 1.42 bits per heavy atom. The number of amides is 1. The first-order valence-corrected chi connectivity index (χ1v) is 9.13. The molecule has 0 radical (unpaired) electrons. The van der Waals surface area contributed by atoms with Crippen molar-refractivity contribution >= 4 is 33.6 Å². The van der Waals surface area contributed by atoms with Gasteiger partial charge >= 0.3 is 0 Å². The molecule has 2 aromatic rings. The van der Waals surface area contributed by atoms with Crippen LogP contribution >= 0.6 is 15.9 Å². The summed E-state index contributed by atoms with van der Waals surface area (Å²) in [6.07, 6.45) is 4.08. The fourth-order valence-electron chi connectivity index (χ4n) is 2.46. The summed E-state index contributed by atoms with van der Waals surface area (Å²) < 4.78 is 3.11. The van der Waals surface area contributed by atoms with Crippen LogP contribution in [0.1, 0.15) is 17.7 Å². The van der Waals surface area contributed by atoms with Gasteiger partial charge in [-0.3, -0.25) is 9.79 Å². The minimum absolute atomic E-state index is 0.0849. The maximum atomic E-state index is 12.0. The number of nitrogens with zero attached hydrogens (tertiary/aromatic N) is 4. The molecule has 0 bridgehead atoms. The lowest BCUT2D eigenvalue weighted by molar-refractivity contribution is -0.116. The third-order valence-electron chi connectivity index (χ3n) is 3.86. The second kappa shape index (κ2) is 9.38. The van der Waals surface area contributed by atoms with Crippen LogP contribution in [0.5, 0.6) is 0 Å². The van der Waals surface area contributed by atoms with E-state index < -0.39 is 0 Å². The Labute approximate surface area is 162 Å². The normalized spacial score (nSPS) is 11.3. The zero-order valence-electron chi connectivity index (χ0n) is 15.6. The van der Waals surface area contributed by atoms with Crippen LogP contribution in [-0.2, 0) is 18.4 Å². The summed E-state index contributed by atoms with van der Waals surface area (Å²) in [5.74, 6) is 1.22. The highest BCUT2D eigenvalue weighted by atomic mass is 79.9. The van der Waals surface area contributed by atoms with Gasteiger partial charge in [-0.05, 0) is 40.5 Å². The Bertz CT molecular complexity index is 768. The number of aromatic nitrogens is 2. The highest BCUT2D eigenvalue weighted by molar-refractivity contribution is 9.10. The summed E-state index contributed by atoms with van der Waals surface area (Å²) in [4.78, 5) is 22.5. The van der Waals surface area contributed by atoms with Crippen LogP contribution in [0.3, 0.4) is 0 Å². The molecule has 0 saturated heterocycles. The fourth-order valence-corrected chi connectivity index (χ4v) is 3.03. The van der Waals surface area contributed by atoms with Gasteiger partial charge in [0.1, 0.15) is 5.82 Å². The van der Waals surface area contributed by atoms with Crippen molar-refractivity contribution in [1.82, 2.24) is 19.8 Å². The molecule has 0 aliphatic carbocycles. The number of rotatable bonds is 6. The molecular formula is C18H25BrN6O. The number of nitrogens with one attached hydrogen (secondary N) is 2. The quantitative estimate of drug-likeness (QED) is 0.556. The van der Waals surface area contributed by atoms with E-state index in [1.807, 2.05) is 38.2 Å². The summed E-state index contributed by atoms with van der Waals surface area (Å²) in [6, 6.07) is 5.79.